The Morgan fingerprint density at radius 1 is 1.09 bits per heavy atom. The van der Waals surface area contributed by atoms with Crippen LogP contribution in [0.1, 0.15) is 37.3 Å². The number of benzene rings is 2. The van der Waals surface area contributed by atoms with Gasteiger partial charge in [0.05, 0.1) is 0 Å². The van der Waals surface area contributed by atoms with Gasteiger partial charge in [-0.3, -0.25) is 4.79 Å². The van der Waals surface area contributed by atoms with E-state index in [1.165, 1.54) is 24.0 Å². The molecule has 0 aliphatic heterocycles. The van der Waals surface area contributed by atoms with Crippen LogP contribution in [0.4, 0.5) is 5.69 Å². The van der Waals surface area contributed by atoms with E-state index in [1.807, 2.05) is 49.4 Å². The summed E-state index contributed by atoms with van der Waals surface area (Å²) in [6.07, 6.45) is 4.74. The molecule has 120 valence electrons. The fraction of sp³-hybridized carbons (Fsp3) is 0.350. The molecule has 0 saturated heterocycles. The number of rotatable bonds is 5. The number of amides is 1. The van der Waals surface area contributed by atoms with Crippen LogP contribution in [-0.2, 0) is 17.6 Å². The topological polar surface area (TPSA) is 38.3 Å². The summed E-state index contributed by atoms with van der Waals surface area (Å²) in [5, 5.41) is 3.08. The van der Waals surface area contributed by atoms with Crippen LogP contribution in [0, 0.1) is 0 Å². The number of carbonyl (C=O) groups is 1. The first kappa shape index (κ1) is 15.6. The molecule has 0 unspecified atom stereocenters. The molecule has 1 N–H and O–H groups in total. The van der Waals surface area contributed by atoms with Crippen LogP contribution in [0.25, 0.3) is 0 Å². The number of carbonyl (C=O) groups excluding carboxylic acids is 1. The summed E-state index contributed by atoms with van der Waals surface area (Å²) in [7, 11) is 0. The second-order valence-electron chi connectivity index (χ2n) is 5.97. The predicted octanol–water partition coefficient (Wildman–Crippen LogP) is 4.36. The number of hydrogen-bond acceptors (Lipinski definition) is 2. The Hall–Kier alpha value is -2.29. The zero-order valence-corrected chi connectivity index (χ0v) is 13.5. The highest BCUT2D eigenvalue weighted by Gasteiger charge is 2.21. The van der Waals surface area contributed by atoms with Crippen LogP contribution < -0.4 is 10.1 Å². The highest BCUT2D eigenvalue weighted by atomic mass is 16.5. The van der Waals surface area contributed by atoms with Gasteiger partial charge in [-0.2, -0.15) is 0 Å². The van der Waals surface area contributed by atoms with E-state index < -0.39 is 6.10 Å². The van der Waals surface area contributed by atoms with Gasteiger partial charge in [-0.15, -0.1) is 0 Å². The highest BCUT2D eigenvalue weighted by molar-refractivity contribution is 5.95. The fourth-order valence-corrected chi connectivity index (χ4v) is 3.10. The van der Waals surface area contributed by atoms with Gasteiger partial charge in [0.2, 0.25) is 0 Å². The van der Waals surface area contributed by atoms with E-state index in [2.05, 4.69) is 11.4 Å². The third kappa shape index (κ3) is 3.73. The molecule has 0 heterocycles. The van der Waals surface area contributed by atoms with Gasteiger partial charge in [0, 0.05) is 5.69 Å². The molecule has 2 aromatic carbocycles. The molecule has 0 radical (unpaired) electrons. The number of aryl methyl sites for hydroxylation is 1. The Morgan fingerprint density at radius 3 is 2.65 bits per heavy atom. The lowest BCUT2D eigenvalue weighted by molar-refractivity contribution is -0.122. The molecule has 1 amide bonds. The normalized spacial score (nSPS) is 14.7. The molecule has 1 aliphatic carbocycles. The number of nitrogens with one attached hydrogen (secondary N) is 1. The lowest BCUT2D eigenvalue weighted by Crippen LogP contribution is -2.32. The van der Waals surface area contributed by atoms with Gasteiger partial charge in [-0.25, -0.2) is 0 Å². The maximum absolute atomic E-state index is 12.6. The van der Waals surface area contributed by atoms with E-state index in [0.717, 1.165) is 24.3 Å². The van der Waals surface area contributed by atoms with Gasteiger partial charge in [0.15, 0.2) is 6.10 Å². The first-order chi connectivity index (χ1) is 11.3. The molecule has 2 aromatic rings. The quantitative estimate of drug-likeness (QED) is 0.891. The second-order valence-corrected chi connectivity index (χ2v) is 5.97. The molecule has 0 saturated carbocycles. The fourth-order valence-electron chi connectivity index (χ4n) is 3.10. The SMILES string of the molecule is CC[C@@H](Oc1ccccc1)C(=O)Nc1cccc2c1CCCC2. The molecule has 3 rings (SSSR count). The Balaban J connectivity index is 1.73. The Labute approximate surface area is 137 Å². The minimum Gasteiger partial charge on any atom is -0.481 e. The number of ether oxygens (including phenoxy) is 1. The average molecular weight is 309 g/mol. The minimum atomic E-state index is -0.475. The summed E-state index contributed by atoms with van der Waals surface area (Å²) in [5.41, 5.74) is 3.61. The van der Waals surface area contributed by atoms with E-state index in [1.54, 1.807) is 0 Å². The van der Waals surface area contributed by atoms with Crippen molar-refractivity contribution in [2.24, 2.45) is 0 Å². The van der Waals surface area contributed by atoms with Crippen molar-refractivity contribution in [1.29, 1.82) is 0 Å². The van der Waals surface area contributed by atoms with Gasteiger partial charge in [-0.1, -0.05) is 37.3 Å². The molecular formula is C20H23NO2. The maximum Gasteiger partial charge on any atom is 0.265 e. The molecule has 1 aliphatic rings. The standard InChI is InChI=1S/C20H23NO2/c1-2-19(23-16-11-4-3-5-12-16)20(22)21-18-14-8-10-15-9-6-7-13-17(15)18/h3-5,8,10-12,14,19H,2,6-7,9,13H2,1H3,(H,21,22)/t19-/m1/s1. The van der Waals surface area contributed by atoms with Crippen molar-refractivity contribution in [2.45, 2.75) is 45.1 Å². The first-order valence-corrected chi connectivity index (χ1v) is 8.41. The maximum atomic E-state index is 12.6. The molecule has 0 fully saturated rings. The van der Waals surface area contributed by atoms with Crippen molar-refractivity contribution in [3.8, 4) is 5.75 Å². The summed E-state index contributed by atoms with van der Waals surface area (Å²) < 4.78 is 5.83. The smallest absolute Gasteiger partial charge is 0.265 e. The average Bonchev–Trinajstić information content (AvgIpc) is 2.61. The van der Waals surface area contributed by atoms with Crippen molar-refractivity contribution < 1.29 is 9.53 Å². The Bertz CT molecular complexity index is 667. The van der Waals surface area contributed by atoms with Crippen LogP contribution in [0.5, 0.6) is 5.75 Å². The molecule has 3 nitrogen and oxygen atoms in total. The Morgan fingerprint density at radius 2 is 1.87 bits per heavy atom. The second kappa shape index (κ2) is 7.32. The van der Waals surface area contributed by atoms with Crippen molar-refractivity contribution in [3.05, 3.63) is 59.7 Å². The van der Waals surface area contributed by atoms with E-state index >= 15 is 0 Å². The van der Waals surface area contributed by atoms with E-state index in [0.29, 0.717) is 6.42 Å². The van der Waals surface area contributed by atoms with Gasteiger partial charge < -0.3 is 10.1 Å². The number of anilines is 1. The summed E-state index contributed by atoms with van der Waals surface area (Å²) in [4.78, 5) is 12.6. The lowest BCUT2D eigenvalue weighted by Gasteiger charge is -2.22. The zero-order valence-electron chi connectivity index (χ0n) is 13.5. The molecule has 0 bridgehead atoms. The van der Waals surface area contributed by atoms with Gasteiger partial charge in [-0.05, 0) is 61.4 Å². The predicted molar refractivity (Wildman–Crippen MR) is 92.9 cm³/mol. The van der Waals surface area contributed by atoms with Crippen molar-refractivity contribution in [1.82, 2.24) is 0 Å². The third-order valence-electron chi connectivity index (χ3n) is 4.34. The molecule has 23 heavy (non-hydrogen) atoms. The lowest BCUT2D eigenvalue weighted by atomic mass is 9.90. The summed E-state index contributed by atoms with van der Waals surface area (Å²) in [6, 6.07) is 15.7. The minimum absolute atomic E-state index is 0.0738. The van der Waals surface area contributed by atoms with Gasteiger partial charge in [0.1, 0.15) is 5.75 Å². The van der Waals surface area contributed by atoms with Gasteiger partial charge >= 0.3 is 0 Å². The van der Waals surface area contributed by atoms with Crippen LogP contribution in [0.3, 0.4) is 0 Å². The largest absolute Gasteiger partial charge is 0.481 e. The summed E-state index contributed by atoms with van der Waals surface area (Å²) in [6.45, 7) is 1.97. The van der Waals surface area contributed by atoms with E-state index in [9.17, 15) is 4.79 Å². The molecule has 1 atom stereocenters. The molecule has 0 aromatic heterocycles. The zero-order chi connectivity index (χ0) is 16.1. The highest BCUT2D eigenvalue weighted by Crippen LogP contribution is 2.28. The number of fused-ring (bicyclic) bond motifs is 1. The molecule has 0 spiro atoms. The van der Waals surface area contributed by atoms with Crippen molar-refractivity contribution in [2.75, 3.05) is 5.32 Å². The van der Waals surface area contributed by atoms with Crippen LogP contribution >= 0.6 is 0 Å². The van der Waals surface area contributed by atoms with E-state index in [4.69, 9.17) is 4.74 Å². The van der Waals surface area contributed by atoms with Crippen LogP contribution in [0.15, 0.2) is 48.5 Å². The van der Waals surface area contributed by atoms with Gasteiger partial charge in [0.25, 0.3) is 5.91 Å². The Kier molecular flexibility index (Phi) is 4.96. The number of para-hydroxylation sites is 1. The van der Waals surface area contributed by atoms with Crippen molar-refractivity contribution in [3.63, 3.8) is 0 Å². The van der Waals surface area contributed by atoms with Crippen molar-refractivity contribution >= 4 is 11.6 Å². The molecule has 3 heteroatoms. The van der Waals surface area contributed by atoms with Crippen LogP contribution in [0.2, 0.25) is 0 Å². The summed E-state index contributed by atoms with van der Waals surface area (Å²) in [5.74, 6) is 0.653. The first-order valence-electron chi connectivity index (χ1n) is 8.41. The molecular weight excluding hydrogens is 286 g/mol. The number of hydrogen-bond donors (Lipinski definition) is 1. The summed E-state index contributed by atoms with van der Waals surface area (Å²) >= 11 is 0. The van der Waals surface area contributed by atoms with E-state index in [-0.39, 0.29) is 5.91 Å². The van der Waals surface area contributed by atoms with Crippen LogP contribution in [-0.4, -0.2) is 12.0 Å². The monoisotopic (exact) mass is 309 g/mol. The third-order valence-corrected chi connectivity index (χ3v) is 4.34.